The maximum atomic E-state index is 11.9. The largest absolute Gasteiger partial charge is 0.325 e. The Balaban J connectivity index is 0.00000220. The standard InChI is InChI=1S/C13H18N6O.ClH/c1-8(2)12(14)13(20)15-10-5-4-6-11(7-10)19-9(3)16-17-18-19;/h4-8,12H,14H2,1-3H3,(H,15,20);1H. The summed E-state index contributed by atoms with van der Waals surface area (Å²) in [6.07, 6.45) is 0. The molecular formula is C13H19ClN6O. The van der Waals surface area contributed by atoms with Gasteiger partial charge in [-0.25, -0.2) is 0 Å². The van der Waals surface area contributed by atoms with Crippen LogP contribution in [0.1, 0.15) is 19.7 Å². The summed E-state index contributed by atoms with van der Waals surface area (Å²) in [7, 11) is 0. The summed E-state index contributed by atoms with van der Waals surface area (Å²) in [6, 6.07) is 6.75. The average Bonchev–Trinajstić information content (AvgIpc) is 2.84. The van der Waals surface area contributed by atoms with E-state index in [-0.39, 0.29) is 24.2 Å². The summed E-state index contributed by atoms with van der Waals surface area (Å²) in [5.74, 6) is 0.554. The summed E-state index contributed by atoms with van der Waals surface area (Å²) in [5.41, 5.74) is 7.26. The Morgan fingerprint density at radius 2 is 2.10 bits per heavy atom. The first-order chi connectivity index (χ1) is 9.49. The van der Waals surface area contributed by atoms with Gasteiger partial charge < -0.3 is 11.1 Å². The first-order valence-corrected chi connectivity index (χ1v) is 6.41. The second kappa shape index (κ2) is 7.14. The van der Waals surface area contributed by atoms with Crippen LogP contribution in [0.15, 0.2) is 24.3 Å². The van der Waals surface area contributed by atoms with Crippen LogP contribution in [0.5, 0.6) is 0 Å². The van der Waals surface area contributed by atoms with Gasteiger partial charge >= 0.3 is 0 Å². The van der Waals surface area contributed by atoms with Crippen LogP contribution in [-0.2, 0) is 4.79 Å². The number of carbonyl (C=O) groups is 1. The van der Waals surface area contributed by atoms with Crippen molar-refractivity contribution in [2.45, 2.75) is 26.8 Å². The molecule has 0 aliphatic heterocycles. The number of nitrogens with two attached hydrogens (primary N) is 1. The van der Waals surface area contributed by atoms with Crippen molar-refractivity contribution in [3.05, 3.63) is 30.1 Å². The molecule has 1 amide bonds. The van der Waals surface area contributed by atoms with Crippen LogP contribution in [0.25, 0.3) is 5.69 Å². The highest BCUT2D eigenvalue weighted by molar-refractivity contribution is 5.95. The molecule has 0 bridgehead atoms. The molecule has 0 saturated heterocycles. The number of hydrogen-bond acceptors (Lipinski definition) is 5. The highest BCUT2D eigenvalue weighted by Crippen LogP contribution is 2.15. The Labute approximate surface area is 129 Å². The van der Waals surface area contributed by atoms with E-state index in [1.54, 1.807) is 23.7 Å². The minimum Gasteiger partial charge on any atom is -0.325 e. The van der Waals surface area contributed by atoms with Gasteiger partial charge in [0.25, 0.3) is 0 Å². The molecule has 1 aromatic heterocycles. The number of carbonyl (C=O) groups excluding carboxylic acids is 1. The highest BCUT2D eigenvalue weighted by Gasteiger charge is 2.17. The monoisotopic (exact) mass is 310 g/mol. The Morgan fingerprint density at radius 1 is 1.38 bits per heavy atom. The molecule has 8 heteroatoms. The van der Waals surface area contributed by atoms with E-state index in [0.717, 1.165) is 5.69 Å². The molecule has 1 unspecified atom stereocenters. The summed E-state index contributed by atoms with van der Waals surface area (Å²) in [5, 5.41) is 14.1. The van der Waals surface area contributed by atoms with Gasteiger partial charge in [-0.2, -0.15) is 4.68 Å². The van der Waals surface area contributed by atoms with Gasteiger partial charge in [0.2, 0.25) is 5.91 Å². The molecule has 0 radical (unpaired) electrons. The van der Waals surface area contributed by atoms with Gasteiger partial charge in [-0.15, -0.1) is 17.5 Å². The lowest BCUT2D eigenvalue weighted by atomic mass is 10.0. The molecule has 21 heavy (non-hydrogen) atoms. The number of benzene rings is 1. The number of hydrogen-bond donors (Lipinski definition) is 2. The highest BCUT2D eigenvalue weighted by atomic mass is 35.5. The van der Waals surface area contributed by atoms with Crippen molar-refractivity contribution >= 4 is 24.0 Å². The third-order valence-corrected chi connectivity index (χ3v) is 3.00. The SMILES string of the molecule is Cc1nnnn1-c1cccc(NC(=O)C(N)C(C)C)c1.Cl. The fourth-order valence-corrected chi connectivity index (χ4v) is 1.71. The normalized spacial score (nSPS) is 11.9. The lowest BCUT2D eigenvalue weighted by molar-refractivity contribution is -0.118. The van der Waals surface area contributed by atoms with Crippen molar-refractivity contribution in [3.63, 3.8) is 0 Å². The van der Waals surface area contributed by atoms with Crippen molar-refractivity contribution in [1.29, 1.82) is 0 Å². The zero-order valence-corrected chi connectivity index (χ0v) is 13.0. The van der Waals surface area contributed by atoms with Crippen molar-refractivity contribution in [2.24, 2.45) is 11.7 Å². The molecule has 0 saturated carbocycles. The number of nitrogens with zero attached hydrogens (tertiary/aromatic N) is 4. The maximum Gasteiger partial charge on any atom is 0.241 e. The van der Waals surface area contributed by atoms with Gasteiger partial charge in [-0.3, -0.25) is 4.79 Å². The quantitative estimate of drug-likeness (QED) is 0.887. The molecule has 0 spiro atoms. The number of nitrogens with one attached hydrogen (secondary N) is 1. The number of anilines is 1. The van der Waals surface area contributed by atoms with Crippen LogP contribution in [0.3, 0.4) is 0 Å². The molecule has 114 valence electrons. The Hall–Kier alpha value is -1.99. The Kier molecular flexibility index (Phi) is 5.80. The van der Waals surface area contributed by atoms with E-state index in [2.05, 4.69) is 20.8 Å². The van der Waals surface area contributed by atoms with E-state index in [4.69, 9.17) is 5.73 Å². The van der Waals surface area contributed by atoms with Gasteiger partial charge in [0.15, 0.2) is 5.82 Å². The molecule has 1 atom stereocenters. The second-order valence-corrected chi connectivity index (χ2v) is 4.95. The summed E-state index contributed by atoms with van der Waals surface area (Å²) < 4.78 is 1.60. The van der Waals surface area contributed by atoms with Crippen LogP contribution in [-0.4, -0.2) is 32.2 Å². The first-order valence-electron chi connectivity index (χ1n) is 6.41. The minimum absolute atomic E-state index is 0. The molecule has 1 heterocycles. The fraction of sp³-hybridized carbons (Fsp3) is 0.385. The average molecular weight is 311 g/mol. The second-order valence-electron chi connectivity index (χ2n) is 4.95. The summed E-state index contributed by atoms with van der Waals surface area (Å²) in [6.45, 7) is 5.62. The predicted molar refractivity (Wildman–Crippen MR) is 82.6 cm³/mol. The Morgan fingerprint density at radius 3 is 2.67 bits per heavy atom. The molecule has 3 N–H and O–H groups in total. The van der Waals surface area contributed by atoms with E-state index in [0.29, 0.717) is 11.5 Å². The molecule has 1 aromatic carbocycles. The van der Waals surface area contributed by atoms with Gasteiger partial charge in [0.1, 0.15) is 0 Å². The number of amides is 1. The van der Waals surface area contributed by atoms with E-state index in [1.165, 1.54) is 0 Å². The molecule has 2 aromatic rings. The van der Waals surface area contributed by atoms with Crippen molar-refractivity contribution in [3.8, 4) is 5.69 Å². The van der Waals surface area contributed by atoms with Crippen LogP contribution >= 0.6 is 12.4 Å². The lowest BCUT2D eigenvalue weighted by Crippen LogP contribution is -2.39. The molecule has 0 fully saturated rings. The van der Waals surface area contributed by atoms with Crippen LogP contribution in [0.2, 0.25) is 0 Å². The minimum atomic E-state index is -0.534. The smallest absolute Gasteiger partial charge is 0.241 e. The fourth-order valence-electron chi connectivity index (χ4n) is 1.71. The van der Waals surface area contributed by atoms with Crippen molar-refractivity contribution in [2.75, 3.05) is 5.32 Å². The van der Waals surface area contributed by atoms with Gasteiger partial charge in [0.05, 0.1) is 11.7 Å². The zero-order valence-electron chi connectivity index (χ0n) is 12.1. The van der Waals surface area contributed by atoms with Crippen molar-refractivity contribution < 1.29 is 4.79 Å². The molecule has 0 aliphatic rings. The first kappa shape index (κ1) is 17.1. The van der Waals surface area contributed by atoms with E-state index < -0.39 is 6.04 Å². The predicted octanol–water partition coefficient (Wildman–Crippen LogP) is 1.31. The van der Waals surface area contributed by atoms with E-state index in [9.17, 15) is 4.79 Å². The molecule has 0 aliphatic carbocycles. The molecule has 2 rings (SSSR count). The summed E-state index contributed by atoms with van der Waals surface area (Å²) >= 11 is 0. The van der Waals surface area contributed by atoms with Crippen molar-refractivity contribution in [1.82, 2.24) is 20.2 Å². The van der Waals surface area contributed by atoms with Gasteiger partial charge in [0, 0.05) is 5.69 Å². The maximum absolute atomic E-state index is 11.9. The molecule has 7 nitrogen and oxygen atoms in total. The topological polar surface area (TPSA) is 98.7 Å². The number of aromatic nitrogens is 4. The number of tetrazole rings is 1. The van der Waals surface area contributed by atoms with Crippen LogP contribution in [0, 0.1) is 12.8 Å². The van der Waals surface area contributed by atoms with Gasteiger partial charge in [-0.05, 0) is 41.5 Å². The van der Waals surface area contributed by atoms with Crippen LogP contribution < -0.4 is 11.1 Å². The summed E-state index contributed by atoms with van der Waals surface area (Å²) in [4.78, 5) is 11.9. The Bertz CT molecular complexity index is 612. The third-order valence-electron chi connectivity index (χ3n) is 3.00. The zero-order chi connectivity index (χ0) is 14.7. The number of halogens is 1. The third kappa shape index (κ3) is 3.99. The number of aryl methyl sites for hydroxylation is 1. The lowest BCUT2D eigenvalue weighted by Gasteiger charge is -2.15. The van der Waals surface area contributed by atoms with E-state index >= 15 is 0 Å². The number of rotatable bonds is 4. The van der Waals surface area contributed by atoms with Gasteiger partial charge in [-0.1, -0.05) is 19.9 Å². The van der Waals surface area contributed by atoms with E-state index in [1.807, 2.05) is 26.0 Å². The molecular weight excluding hydrogens is 292 g/mol. The van der Waals surface area contributed by atoms with Crippen LogP contribution in [0.4, 0.5) is 5.69 Å².